The minimum atomic E-state index is -0.415. The number of aryl methyl sites for hydroxylation is 1. The van der Waals surface area contributed by atoms with Crippen molar-refractivity contribution in [3.63, 3.8) is 0 Å². The van der Waals surface area contributed by atoms with Gasteiger partial charge in [-0.1, -0.05) is 35.9 Å². The van der Waals surface area contributed by atoms with E-state index in [2.05, 4.69) is 0 Å². The van der Waals surface area contributed by atoms with Crippen molar-refractivity contribution in [2.24, 2.45) is 0 Å². The van der Waals surface area contributed by atoms with Crippen LogP contribution in [-0.2, 0) is 6.61 Å². The minimum Gasteiger partial charge on any atom is -0.493 e. The molecule has 1 aromatic heterocycles. The molecule has 0 amide bonds. The van der Waals surface area contributed by atoms with Crippen LogP contribution in [0.2, 0.25) is 5.02 Å². The summed E-state index contributed by atoms with van der Waals surface area (Å²) in [7, 11) is 3.12. The van der Waals surface area contributed by atoms with Gasteiger partial charge in [0.1, 0.15) is 17.9 Å². The Balaban J connectivity index is 1.74. The fraction of sp³-hybridized carbons (Fsp3) is 0.160. The molecule has 0 spiro atoms. The van der Waals surface area contributed by atoms with Crippen LogP contribution in [0.4, 0.5) is 0 Å². The molecule has 0 saturated carbocycles. The van der Waals surface area contributed by atoms with Crippen molar-refractivity contribution in [3.05, 3.63) is 87.2 Å². The van der Waals surface area contributed by atoms with Crippen molar-refractivity contribution in [1.82, 2.24) is 0 Å². The largest absolute Gasteiger partial charge is 0.493 e. The van der Waals surface area contributed by atoms with Gasteiger partial charge in [0.2, 0.25) is 0 Å². The highest BCUT2D eigenvalue weighted by molar-refractivity contribution is 6.31. The molecule has 0 atom stereocenters. The van der Waals surface area contributed by atoms with Crippen molar-refractivity contribution >= 4 is 22.6 Å². The van der Waals surface area contributed by atoms with E-state index < -0.39 is 5.63 Å². The fourth-order valence-corrected chi connectivity index (χ4v) is 3.71. The average molecular weight is 437 g/mol. The van der Waals surface area contributed by atoms with Gasteiger partial charge in [-0.15, -0.1) is 0 Å². The van der Waals surface area contributed by atoms with Gasteiger partial charge in [-0.05, 0) is 54.4 Å². The maximum Gasteiger partial charge on any atom is 0.344 e. The summed E-state index contributed by atoms with van der Waals surface area (Å²) in [5.41, 5.74) is 2.93. The van der Waals surface area contributed by atoms with E-state index in [0.29, 0.717) is 45.6 Å². The van der Waals surface area contributed by atoms with Crippen LogP contribution in [0.3, 0.4) is 0 Å². The first-order valence-corrected chi connectivity index (χ1v) is 10.1. The topological polar surface area (TPSA) is 57.9 Å². The first-order valence-electron chi connectivity index (χ1n) is 9.68. The third kappa shape index (κ3) is 4.09. The van der Waals surface area contributed by atoms with E-state index in [4.69, 9.17) is 30.2 Å². The predicted molar refractivity (Wildman–Crippen MR) is 122 cm³/mol. The van der Waals surface area contributed by atoms with E-state index in [9.17, 15) is 4.79 Å². The van der Waals surface area contributed by atoms with Crippen molar-refractivity contribution in [2.75, 3.05) is 14.2 Å². The Morgan fingerprint density at radius 3 is 2.45 bits per heavy atom. The summed E-state index contributed by atoms with van der Waals surface area (Å²) in [5.74, 6) is 1.78. The average Bonchev–Trinajstić information content (AvgIpc) is 2.78. The van der Waals surface area contributed by atoms with Crippen LogP contribution in [0.1, 0.15) is 11.1 Å². The molecule has 0 aliphatic carbocycles. The first kappa shape index (κ1) is 20.8. The quantitative estimate of drug-likeness (QED) is 0.346. The minimum absolute atomic E-state index is 0.337. The van der Waals surface area contributed by atoms with Crippen LogP contribution in [0, 0.1) is 6.92 Å². The highest BCUT2D eigenvalue weighted by atomic mass is 35.5. The van der Waals surface area contributed by atoms with Gasteiger partial charge in [0.25, 0.3) is 0 Å². The summed E-state index contributed by atoms with van der Waals surface area (Å²) in [6.07, 6.45) is 0. The molecular formula is C25H21ClO5. The number of halogens is 1. The third-order valence-electron chi connectivity index (χ3n) is 5.16. The summed E-state index contributed by atoms with van der Waals surface area (Å²) < 4.78 is 22.2. The normalized spacial score (nSPS) is 10.8. The Morgan fingerprint density at radius 1 is 0.935 bits per heavy atom. The number of methoxy groups -OCH3 is 2. The van der Waals surface area contributed by atoms with Crippen molar-refractivity contribution < 1.29 is 18.6 Å². The zero-order valence-electron chi connectivity index (χ0n) is 17.4. The highest BCUT2D eigenvalue weighted by Gasteiger charge is 2.16. The van der Waals surface area contributed by atoms with Crippen LogP contribution in [0.5, 0.6) is 17.2 Å². The second kappa shape index (κ2) is 8.74. The molecule has 0 radical (unpaired) electrons. The lowest BCUT2D eigenvalue weighted by atomic mass is 9.99. The molecular weight excluding hydrogens is 416 g/mol. The Morgan fingerprint density at radius 2 is 1.71 bits per heavy atom. The van der Waals surface area contributed by atoms with Gasteiger partial charge in [0, 0.05) is 16.0 Å². The summed E-state index contributed by atoms with van der Waals surface area (Å²) >= 11 is 6.21. The van der Waals surface area contributed by atoms with E-state index in [-0.39, 0.29) is 0 Å². The van der Waals surface area contributed by atoms with Gasteiger partial charge in [-0.2, -0.15) is 0 Å². The lowest BCUT2D eigenvalue weighted by Crippen LogP contribution is -2.06. The van der Waals surface area contributed by atoms with E-state index in [1.165, 1.54) is 0 Å². The molecule has 5 nitrogen and oxygen atoms in total. The molecule has 0 N–H and O–H groups in total. The molecule has 0 fully saturated rings. The van der Waals surface area contributed by atoms with E-state index in [0.717, 1.165) is 16.5 Å². The van der Waals surface area contributed by atoms with Crippen LogP contribution in [-0.4, -0.2) is 14.2 Å². The maximum absolute atomic E-state index is 12.8. The number of hydrogen-bond donors (Lipinski definition) is 0. The molecule has 0 saturated heterocycles. The van der Waals surface area contributed by atoms with Crippen molar-refractivity contribution in [2.45, 2.75) is 13.5 Å². The van der Waals surface area contributed by atoms with E-state index >= 15 is 0 Å². The van der Waals surface area contributed by atoms with E-state index in [1.54, 1.807) is 38.5 Å². The zero-order valence-corrected chi connectivity index (χ0v) is 18.2. The van der Waals surface area contributed by atoms with Gasteiger partial charge in [0.15, 0.2) is 11.5 Å². The second-order valence-electron chi connectivity index (χ2n) is 7.00. The Hall–Kier alpha value is -3.44. The summed E-state index contributed by atoms with van der Waals surface area (Å²) in [5, 5.41) is 1.45. The Labute approximate surface area is 184 Å². The number of rotatable bonds is 6. The maximum atomic E-state index is 12.8. The lowest BCUT2D eigenvalue weighted by Gasteiger charge is -2.13. The monoisotopic (exact) mass is 436 g/mol. The van der Waals surface area contributed by atoms with E-state index in [1.807, 2.05) is 43.3 Å². The van der Waals surface area contributed by atoms with Crippen LogP contribution >= 0.6 is 11.6 Å². The van der Waals surface area contributed by atoms with Gasteiger partial charge < -0.3 is 18.6 Å². The molecule has 0 aliphatic rings. The van der Waals surface area contributed by atoms with Crippen LogP contribution < -0.4 is 19.8 Å². The fourth-order valence-electron chi connectivity index (χ4n) is 3.52. The number of fused-ring (bicyclic) bond motifs is 1. The van der Waals surface area contributed by atoms with Crippen LogP contribution in [0.15, 0.2) is 69.9 Å². The molecule has 3 aromatic carbocycles. The van der Waals surface area contributed by atoms with Gasteiger partial charge in [-0.25, -0.2) is 4.79 Å². The summed E-state index contributed by atoms with van der Waals surface area (Å²) in [6.45, 7) is 2.23. The second-order valence-corrected chi connectivity index (χ2v) is 7.40. The smallest absolute Gasteiger partial charge is 0.344 e. The lowest BCUT2D eigenvalue weighted by molar-refractivity contribution is 0.306. The molecule has 0 aliphatic heterocycles. The third-order valence-corrected chi connectivity index (χ3v) is 5.53. The molecule has 6 heteroatoms. The summed E-state index contributed by atoms with van der Waals surface area (Å²) in [4.78, 5) is 12.8. The Bertz CT molecular complexity index is 1310. The van der Waals surface area contributed by atoms with Crippen molar-refractivity contribution in [3.8, 4) is 28.4 Å². The number of ether oxygens (including phenoxy) is 3. The summed E-state index contributed by atoms with van der Waals surface area (Å²) in [6, 6.07) is 18.3. The SMILES string of the molecule is COc1ccc(-c2c(C)c3cc(OCc4ccccc4Cl)ccc3oc2=O)cc1OC. The molecule has 31 heavy (non-hydrogen) atoms. The van der Waals surface area contributed by atoms with Crippen LogP contribution in [0.25, 0.3) is 22.1 Å². The highest BCUT2D eigenvalue weighted by Crippen LogP contribution is 2.35. The molecule has 0 unspecified atom stereocenters. The van der Waals surface area contributed by atoms with Gasteiger partial charge in [0.05, 0.1) is 19.8 Å². The zero-order chi connectivity index (χ0) is 22.0. The Kier molecular flexibility index (Phi) is 5.87. The standard InChI is InChI=1S/C25H21ClO5/c1-15-19-13-18(30-14-17-6-4-5-7-20(17)26)9-11-21(19)31-25(27)24(15)16-8-10-22(28-2)23(12-16)29-3/h4-13H,14H2,1-3H3. The van der Waals surface area contributed by atoms with Gasteiger partial charge in [-0.3, -0.25) is 0 Å². The molecule has 4 rings (SSSR count). The molecule has 1 heterocycles. The molecule has 4 aromatic rings. The number of benzene rings is 3. The predicted octanol–water partition coefficient (Wildman–Crippen LogP) is 6.02. The molecule has 158 valence electrons. The van der Waals surface area contributed by atoms with Crippen molar-refractivity contribution in [1.29, 1.82) is 0 Å². The first-order chi connectivity index (χ1) is 15.0. The molecule has 0 bridgehead atoms. The number of hydrogen-bond acceptors (Lipinski definition) is 5. The van der Waals surface area contributed by atoms with Gasteiger partial charge >= 0.3 is 5.63 Å².